The lowest BCUT2D eigenvalue weighted by Gasteiger charge is -2.34. The van der Waals surface area contributed by atoms with Crippen LogP contribution in [0.2, 0.25) is 0 Å². The van der Waals surface area contributed by atoms with Gasteiger partial charge >= 0.3 is 0 Å². The van der Waals surface area contributed by atoms with Crippen LogP contribution in [0.5, 0.6) is 0 Å². The number of thiophene rings is 2. The van der Waals surface area contributed by atoms with Crippen molar-refractivity contribution in [1.29, 1.82) is 0 Å². The number of hydrogen-bond acceptors (Lipinski definition) is 5. The molecule has 2 N–H and O–H groups in total. The average Bonchev–Trinajstić information content (AvgIpc) is 3.16. The first-order valence-electron chi connectivity index (χ1n) is 8.02. The first kappa shape index (κ1) is 15.6. The lowest BCUT2D eigenvalue weighted by Crippen LogP contribution is -2.48. The molecule has 2 aromatic heterocycles. The fraction of sp³-hybridized carbons (Fsp3) is 0.278. The summed E-state index contributed by atoms with van der Waals surface area (Å²) in [6.45, 7) is 4.27. The summed E-state index contributed by atoms with van der Waals surface area (Å²) >= 11 is 3.30. The Balaban J connectivity index is 1.37. The van der Waals surface area contributed by atoms with Crippen LogP contribution < -0.4 is 5.73 Å². The zero-order valence-corrected chi connectivity index (χ0v) is 14.9. The van der Waals surface area contributed by atoms with Crippen LogP contribution in [-0.4, -0.2) is 41.9 Å². The second-order valence-electron chi connectivity index (χ2n) is 6.07. The Morgan fingerprint density at radius 1 is 1.08 bits per heavy atom. The van der Waals surface area contributed by atoms with Gasteiger partial charge in [-0.3, -0.25) is 9.69 Å². The zero-order valence-electron chi connectivity index (χ0n) is 13.3. The second kappa shape index (κ2) is 6.55. The molecule has 1 amide bonds. The highest BCUT2D eigenvalue weighted by molar-refractivity contribution is 7.27. The molecule has 0 saturated carbocycles. The Hall–Kier alpha value is -1.89. The molecule has 4 rings (SSSR count). The fourth-order valence-corrected chi connectivity index (χ4v) is 5.16. The third-order valence-electron chi connectivity index (χ3n) is 4.37. The van der Waals surface area contributed by atoms with Gasteiger partial charge in [0, 0.05) is 47.8 Å². The van der Waals surface area contributed by atoms with Crippen molar-refractivity contribution in [2.45, 2.75) is 6.54 Å². The molecule has 1 fully saturated rings. The monoisotopic (exact) mass is 357 g/mol. The molecule has 1 aliphatic heterocycles. The highest BCUT2D eigenvalue weighted by Gasteiger charge is 2.23. The van der Waals surface area contributed by atoms with Gasteiger partial charge < -0.3 is 10.6 Å². The minimum atomic E-state index is 0.173. The Morgan fingerprint density at radius 3 is 2.67 bits per heavy atom. The maximum atomic E-state index is 12.7. The Labute approximate surface area is 149 Å². The minimum absolute atomic E-state index is 0.173. The summed E-state index contributed by atoms with van der Waals surface area (Å²) in [4.78, 5) is 17.9. The van der Waals surface area contributed by atoms with Gasteiger partial charge in [0.15, 0.2) is 0 Å². The summed E-state index contributed by atoms with van der Waals surface area (Å²) in [5, 5.41) is 2.07. The third-order valence-corrected chi connectivity index (χ3v) is 6.45. The summed E-state index contributed by atoms with van der Waals surface area (Å²) < 4.78 is 2.42. The van der Waals surface area contributed by atoms with Gasteiger partial charge in [0.05, 0.1) is 4.88 Å². The van der Waals surface area contributed by atoms with Gasteiger partial charge in [0.25, 0.3) is 5.91 Å². The molecular formula is C18H19N3OS2. The quantitative estimate of drug-likeness (QED) is 0.730. The van der Waals surface area contributed by atoms with Crippen molar-refractivity contribution in [3.8, 4) is 0 Å². The molecule has 0 spiro atoms. The molecule has 0 atom stereocenters. The molecule has 124 valence electrons. The molecule has 0 unspecified atom stereocenters. The number of fused-ring (bicyclic) bond motifs is 1. The van der Waals surface area contributed by atoms with E-state index in [4.69, 9.17) is 5.73 Å². The number of nitrogen functional groups attached to an aromatic ring is 1. The first-order valence-corrected chi connectivity index (χ1v) is 9.72. The van der Waals surface area contributed by atoms with Gasteiger partial charge in [-0.15, -0.1) is 22.7 Å². The number of amides is 1. The van der Waals surface area contributed by atoms with Crippen LogP contribution in [0.15, 0.2) is 41.8 Å². The van der Waals surface area contributed by atoms with Gasteiger partial charge in [-0.25, -0.2) is 0 Å². The van der Waals surface area contributed by atoms with Crippen LogP contribution in [0.4, 0.5) is 5.69 Å². The standard InChI is InChI=1S/C18H19N3OS2/c19-14-3-1-2-13(10-14)12-20-5-7-21(8-6-20)18(22)17-11-16-15(24-17)4-9-23-16/h1-4,9-11H,5-8,12,19H2. The molecule has 1 aliphatic rings. The number of hydrogen-bond donors (Lipinski definition) is 1. The lowest BCUT2D eigenvalue weighted by molar-refractivity contribution is 0.0633. The zero-order chi connectivity index (χ0) is 16.5. The smallest absolute Gasteiger partial charge is 0.264 e. The van der Waals surface area contributed by atoms with Gasteiger partial charge in [-0.1, -0.05) is 12.1 Å². The van der Waals surface area contributed by atoms with Crippen molar-refractivity contribution >= 4 is 43.7 Å². The van der Waals surface area contributed by atoms with E-state index in [-0.39, 0.29) is 5.91 Å². The van der Waals surface area contributed by atoms with Crippen molar-refractivity contribution in [3.05, 3.63) is 52.2 Å². The maximum absolute atomic E-state index is 12.7. The maximum Gasteiger partial charge on any atom is 0.264 e. The number of benzene rings is 1. The van der Waals surface area contributed by atoms with E-state index < -0.39 is 0 Å². The number of carbonyl (C=O) groups is 1. The largest absolute Gasteiger partial charge is 0.399 e. The van der Waals surface area contributed by atoms with Gasteiger partial charge in [0.2, 0.25) is 0 Å². The van der Waals surface area contributed by atoms with E-state index in [1.54, 1.807) is 22.7 Å². The van der Waals surface area contributed by atoms with Crippen LogP contribution in [0.25, 0.3) is 9.40 Å². The molecule has 1 aromatic carbocycles. The average molecular weight is 358 g/mol. The number of piperazine rings is 1. The summed E-state index contributed by atoms with van der Waals surface area (Å²) in [5.74, 6) is 0.173. The molecular weight excluding hydrogens is 338 g/mol. The van der Waals surface area contributed by atoms with Crippen LogP contribution in [0, 0.1) is 0 Å². The van der Waals surface area contributed by atoms with Crippen molar-refractivity contribution in [2.24, 2.45) is 0 Å². The molecule has 0 bridgehead atoms. The van der Waals surface area contributed by atoms with Crippen LogP contribution in [-0.2, 0) is 6.54 Å². The Bertz CT molecular complexity index is 833. The van der Waals surface area contributed by atoms with Crippen molar-refractivity contribution in [1.82, 2.24) is 9.80 Å². The highest BCUT2D eigenvalue weighted by Crippen LogP contribution is 2.30. The number of rotatable bonds is 3. The normalized spacial score (nSPS) is 15.9. The second-order valence-corrected chi connectivity index (χ2v) is 8.10. The van der Waals surface area contributed by atoms with Crippen molar-refractivity contribution < 1.29 is 4.79 Å². The van der Waals surface area contributed by atoms with E-state index in [0.717, 1.165) is 43.3 Å². The predicted octanol–water partition coefficient (Wildman–Crippen LogP) is 3.50. The fourth-order valence-electron chi connectivity index (χ4n) is 3.09. The molecule has 3 aromatic rings. The van der Waals surface area contributed by atoms with E-state index in [0.29, 0.717) is 0 Å². The summed E-state index contributed by atoms with van der Waals surface area (Å²) in [7, 11) is 0. The molecule has 3 heterocycles. The molecule has 1 saturated heterocycles. The molecule has 6 heteroatoms. The van der Waals surface area contributed by atoms with E-state index in [2.05, 4.69) is 22.4 Å². The van der Waals surface area contributed by atoms with E-state index in [1.807, 2.05) is 29.2 Å². The number of anilines is 1. The van der Waals surface area contributed by atoms with Gasteiger partial charge in [0.1, 0.15) is 0 Å². The molecule has 4 nitrogen and oxygen atoms in total. The van der Waals surface area contributed by atoms with Gasteiger partial charge in [-0.05, 0) is 35.2 Å². The lowest BCUT2D eigenvalue weighted by atomic mass is 10.1. The van der Waals surface area contributed by atoms with Gasteiger partial charge in [-0.2, -0.15) is 0 Å². The molecule has 0 aliphatic carbocycles. The summed E-state index contributed by atoms with van der Waals surface area (Å²) in [5.41, 5.74) is 7.88. The summed E-state index contributed by atoms with van der Waals surface area (Å²) in [6, 6.07) is 12.2. The van der Waals surface area contributed by atoms with Crippen LogP contribution in [0.1, 0.15) is 15.2 Å². The topological polar surface area (TPSA) is 49.6 Å². The van der Waals surface area contributed by atoms with E-state index >= 15 is 0 Å². The van der Waals surface area contributed by atoms with Crippen molar-refractivity contribution in [2.75, 3.05) is 31.9 Å². The van der Waals surface area contributed by atoms with Crippen molar-refractivity contribution in [3.63, 3.8) is 0 Å². The SMILES string of the molecule is Nc1cccc(CN2CCN(C(=O)c3cc4sccc4s3)CC2)c1. The predicted molar refractivity (Wildman–Crippen MR) is 102 cm³/mol. The highest BCUT2D eigenvalue weighted by atomic mass is 32.1. The van der Waals surface area contributed by atoms with E-state index in [1.165, 1.54) is 15.0 Å². The van der Waals surface area contributed by atoms with E-state index in [9.17, 15) is 4.79 Å². The molecule has 0 radical (unpaired) electrons. The first-order chi connectivity index (χ1) is 11.7. The molecule has 24 heavy (non-hydrogen) atoms. The number of carbonyl (C=O) groups excluding carboxylic acids is 1. The number of nitrogens with zero attached hydrogens (tertiary/aromatic N) is 2. The third kappa shape index (κ3) is 3.17. The van der Waals surface area contributed by atoms with Crippen LogP contribution in [0.3, 0.4) is 0 Å². The summed E-state index contributed by atoms with van der Waals surface area (Å²) in [6.07, 6.45) is 0. The van der Waals surface area contributed by atoms with Crippen LogP contribution >= 0.6 is 22.7 Å². The Morgan fingerprint density at radius 2 is 1.92 bits per heavy atom. The Kier molecular flexibility index (Phi) is 4.26. The number of nitrogens with two attached hydrogens (primary N) is 1. The minimum Gasteiger partial charge on any atom is -0.399 e.